The third-order valence-electron chi connectivity index (χ3n) is 5.15. The van der Waals surface area contributed by atoms with E-state index in [9.17, 15) is 9.59 Å². The summed E-state index contributed by atoms with van der Waals surface area (Å²) in [6.45, 7) is 6.90. The molecule has 0 saturated carbocycles. The van der Waals surface area contributed by atoms with E-state index < -0.39 is 0 Å². The van der Waals surface area contributed by atoms with Crippen LogP contribution in [0, 0.1) is 6.92 Å². The number of carbonyl (C=O) groups is 1. The average Bonchev–Trinajstić information content (AvgIpc) is 2.75. The summed E-state index contributed by atoms with van der Waals surface area (Å²) in [6.07, 6.45) is 3.11. The van der Waals surface area contributed by atoms with Crippen LogP contribution < -0.4 is 15.2 Å². The van der Waals surface area contributed by atoms with Crippen molar-refractivity contribution in [2.75, 3.05) is 37.7 Å². The van der Waals surface area contributed by atoms with Crippen molar-refractivity contribution < 1.29 is 9.53 Å². The number of amides is 1. The molecule has 2 aromatic heterocycles. The molecule has 29 heavy (non-hydrogen) atoms. The summed E-state index contributed by atoms with van der Waals surface area (Å²) in [5.41, 5.74) is 2.29. The van der Waals surface area contributed by atoms with Gasteiger partial charge >= 0.3 is 0 Å². The minimum Gasteiger partial charge on any atom is -0.492 e. The molecule has 3 aromatic rings. The minimum atomic E-state index is -0.326. The maximum Gasteiger partial charge on any atom is 0.270 e. The highest BCUT2D eigenvalue weighted by Gasteiger charge is 2.26. The molecule has 7 heteroatoms. The molecule has 1 aliphatic heterocycles. The Morgan fingerprint density at radius 1 is 1.10 bits per heavy atom. The number of nitrogens with zero attached hydrogens (tertiary/aromatic N) is 4. The standard InChI is InChI=1S/C22H24N4O3/c1-3-29-19-7-5-4-6-18(19)24-10-12-25(13-11-24)21(27)17-14-23-20-9-8-16(2)15-26(20)22(17)28/h4-9,14-15H,3,10-13H2,1-2H3. The molecule has 1 fully saturated rings. The molecule has 0 unspecified atom stereocenters. The lowest BCUT2D eigenvalue weighted by atomic mass is 10.2. The maximum atomic E-state index is 13.0. The van der Waals surface area contributed by atoms with E-state index in [0.29, 0.717) is 38.4 Å². The summed E-state index contributed by atoms with van der Waals surface area (Å²) in [4.78, 5) is 34.0. The van der Waals surface area contributed by atoms with Gasteiger partial charge in [-0.1, -0.05) is 18.2 Å². The number of anilines is 1. The Hall–Kier alpha value is -3.35. The van der Waals surface area contributed by atoms with Gasteiger partial charge in [0.15, 0.2) is 0 Å². The van der Waals surface area contributed by atoms with Crippen molar-refractivity contribution in [1.29, 1.82) is 0 Å². The molecule has 7 nitrogen and oxygen atoms in total. The van der Waals surface area contributed by atoms with E-state index in [4.69, 9.17) is 4.74 Å². The van der Waals surface area contributed by atoms with Crippen molar-refractivity contribution in [1.82, 2.24) is 14.3 Å². The number of aryl methyl sites for hydroxylation is 1. The van der Waals surface area contributed by atoms with Crippen LogP contribution in [0.25, 0.3) is 5.65 Å². The first-order valence-corrected chi connectivity index (χ1v) is 9.82. The van der Waals surface area contributed by atoms with Gasteiger partial charge in [0.1, 0.15) is 17.0 Å². The van der Waals surface area contributed by atoms with E-state index in [-0.39, 0.29) is 17.0 Å². The van der Waals surface area contributed by atoms with Crippen molar-refractivity contribution in [3.63, 3.8) is 0 Å². The Bertz CT molecular complexity index is 1100. The molecule has 0 aliphatic carbocycles. The second-order valence-corrected chi connectivity index (χ2v) is 7.09. The van der Waals surface area contributed by atoms with E-state index in [1.165, 1.54) is 10.6 Å². The number of para-hydroxylation sites is 2. The lowest BCUT2D eigenvalue weighted by molar-refractivity contribution is 0.0744. The van der Waals surface area contributed by atoms with Gasteiger partial charge in [0.25, 0.3) is 11.5 Å². The van der Waals surface area contributed by atoms with E-state index >= 15 is 0 Å². The molecule has 0 radical (unpaired) electrons. The Labute approximate surface area is 169 Å². The van der Waals surface area contributed by atoms with Crippen LogP contribution in [0.2, 0.25) is 0 Å². The quantitative estimate of drug-likeness (QED) is 0.682. The van der Waals surface area contributed by atoms with Gasteiger partial charge in [0.2, 0.25) is 0 Å². The van der Waals surface area contributed by atoms with Gasteiger partial charge in [0.05, 0.1) is 12.3 Å². The molecule has 1 saturated heterocycles. The fourth-order valence-corrected chi connectivity index (χ4v) is 3.65. The number of carbonyl (C=O) groups excluding carboxylic acids is 1. The van der Waals surface area contributed by atoms with Crippen LogP contribution in [-0.2, 0) is 0 Å². The third-order valence-corrected chi connectivity index (χ3v) is 5.15. The van der Waals surface area contributed by atoms with Gasteiger partial charge in [-0.15, -0.1) is 0 Å². The van der Waals surface area contributed by atoms with Crippen LogP contribution in [0.3, 0.4) is 0 Å². The highest BCUT2D eigenvalue weighted by Crippen LogP contribution is 2.28. The number of rotatable bonds is 4. The molecule has 150 valence electrons. The predicted octanol–water partition coefficient (Wildman–Crippen LogP) is 2.36. The lowest BCUT2D eigenvalue weighted by Gasteiger charge is -2.36. The monoisotopic (exact) mass is 392 g/mol. The number of ether oxygens (including phenoxy) is 1. The number of pyridine rings is 1. The molecule has 0 N–H and O–H groups in total. The van der Waals surface area contributed by atoms with Gasteiger partial charge in [-0.2, -0.15) is 0 Å². The fraction of sp³-hybridized carbons (Fsp3) is 0.318. The van der Waals surface area contributed by atoms with Gasteiger partial charge in [-0.05, 0) is 37.6 Å². The van der Waals surface area contributed by atoms with Gasteiger partial charge in [-0.3, -0.25) is 14.0 Å². The zero-order valence-corrected chi connectivity index (χ0v) is 16.7. The van der Waals surface area contributed by atoms with Crippen LogP contribution in [0.1, 0.15) is 22.8 Å². The Kier molecular flexibility index (Phi) is 5.20. The van der Waals surface area contributed by atoms with Crippen molar-refractivity contribution in [2.24, 2.45) is 0 Å². The van der Waals surface area contributed by atoms with Crippen LogP contribution in [0.15, 0.2) is 53.6 Å². The summed E-state index contributed by atoms with van der Waals surface area (Å²) >= 11 is 0. The Balaban J connectivity index is 1.52. The molecular formula is C22H24N4O3. The first-order valence-electron chi connectivity index (χ1n) is 9.82. The average molecular weight is 392 g/mol. The lowest BCUT2D eigenvalue weighted by Crippen LogP contribution is -2.50. The second kappa shape index (κ2) is 7.95. The van der Waals surface area contributed by atoms with Gasteiger partial charge in [0, 0.05) is 38.6 Å². The molecule has 1 amide bonds. The molecule has 0 spiro atoms. The van der Waals surface area contributed by atoms with Crippen LogP contribution in [-0.4, -0.2) is 53.0 Å². The van der Waals surface area contributed by atoms with E-state index in [1.54, 1.807) is 17.2 Å². The van der Waals surface area contributed by atoms with Crippen molar-refractivity contribution in [3.05, 3.63) is 70.3 Å². The van der Waals surface area contributed by atoms with Gasteiger partial charge in [-0.25, -0.2) is 4.98 Å². The van der Waals surface area contributed by atoms with E-state index in [0.717, 1.165) is 17.0 Å². The topological polar surface area (TPSA) is 67.2 Å². The molecule has 3 heterocycles. The Morgan fingerprint density at radius 3 is 2.62 bits per heavy atom. The Morgan fingerprint density at radius 2 is 1.86 bits per heavy atom. The summed E-state index contributed by atoms with van der Waals surface area (Å²) in [5.74, 6) is 0.582. The summed E-state index contributed by atoms with van der Waals surface area (Å²) < 4.78 is 7.17. The number of hydrogen-bond donors (Lipinski definition) is 0. The third kappa shape index (κ3) is 3.68. The van der Waals surface area contributed by atoms with Gasteiger partial charge < -0.3 is 14.5 Å². The maximum absolute atomic E-state index is 13.0. The minimum absolute atomic E-state index is 0.108. The second-order valence-electron chi connectivity index (χ2n) is 7.09. The largest absolute Gasteiger partial charge is 0.492 e. The van der Waals surface area contributed by atoms with Crippen molar-refractivity contribution in [3.8, 4) is 5.75 Å². The number of aromatic nitrogens is 2. The highest BCUT2D eigenvalue weighted by atomic mass is 16.5. The highest BCUT2D eigenvalue weighted by molar-refractivity contribution is 5.94. The smallest absolute Gasteiger partial charge is 0.270 e. The molecule has 1 aliphatic rings. The molecule has 1 aromatic carbocycles. The number of piperazine rings is 1. The molecular weight excluding hydrogens is 368 g/mol. The first kappa shape index (κ1) is 19.0. The number of fused-ring (bicyclic) bond motifs is 1. The summed E-state index contributed by atoms with van der Waals surface area (Å²) in [5, 5.41) is 0. The van der Waals surface area contributed by atoms with Crippen molar-refractivity contribution >= 4 is 17.2 Å². The molecule has 4 rings (SSSR count). The SMILES string of the molecule is CCOc1ccccc1N1CCN(C(=O)c2cnc3ccc(C)cn3c2=O)CC1. The van der Waals surface area contributed by atoms with E-state index in [2.05, 4.69) is 9.88 Å². The summed E-state index contributed by atoms with van der Waals surface area (Å²) in [7, 11) is 0. The van der Waals surface area contributed by atoms with Crippen LogP contribution in [0.5, 0.6) is 5.75 Å². The molecule has 0 bridgehead atoms. The fourth-order valence-electron chi connectivity index (χ4n) is 3.65. The summed E-state index contributed by atoms with van der Waals surface area (Å²) in [6, 6.07) is 11.6. The zero-order valence-electron chi connectivity index (χ0n) is 16.7. The normalized spacial score (nSPS) is 14.3. The predicted molar refractivity (Wildman–Crippen MR) is 112 cm³/mol. The van der Waals surface area contributed by atoms with Crippen LogP contribution >= 0.6 is 0 Å². The zero-order chi connectivity index (χ0) is 20.4. The first-order chi connectivity index (χ1) is 14.1. The number of benzene rings is 1. The number of hydrogen-bond acceptors (Lipinski definition) is 5. The van der Waals surface area contributed by atoms with Crippen LogP contribution in [0.4, 0.5) is 5.69 Å². The molecule has 0 atom stereocenters. The van der Waals surface area contributed by atoms with Crippen molar-refractivity contribution in [2.45, 2.75) is 13.8 Å². The van der Waals surface area contributed by atoms with E-state index in [1.807, 2.05) is 44.2 Å².